The van der Waals surface area contributed by atoms with Crippen LogP contribution in [0, 0.1) is 6.92 Å². The van der Waals surface area contributed by atoms with Gasteiger partial charge in [-0.3, -0.25) is 4.79 Å². The van der Waals surface area contributed by atoms with Crippen molar-refractivity contribution in [2.24, 2.45) is 0 Å². The number of thiophene rings is 1. The first-order valence-corrected chi connectivity index (χ1v) is 9.94. The van der Waals surface area contributed by atoms with Crippen molar-refractivity contribution in [2.45, 2.75) is 33.8 Å². The Morgan fingerprint density at radius 3 is 2.55 bits per heavy atom. The SMILES string of the molecule is CCOC(=O)c1sc(NC(=O)c2cc3ccccc3o2)c(C(=O)OC(C)C)c1C. The van der Waals surface area contributed by atoms with E-state index in [9.17, 15) is 14.4 Å². The molecule has 0 aliphatic heterocycles. The number of hydrogen-bond donors (Lipinski definition) is 1. The number of benzene rings is 1. The highest BCUT2D eigenvalue weighted by Crippen LogP contribution is 2.35. The summed E-state index contributed by atoms with van der Waals surface area (Å²) < 4.78 is 15.9. The van der Waals surface area contributed by atoms with Crippen LogP contribution in [0.5, 0.6) is 0 Å². The molecule has 3 aromatic rings. The number of rotatable bonds is 6. The summed E-state index contributed by atoms with van der Waals surface area (Å²) in [7, 11) is 0. The van der Waals surface area contributed by atoms with E-state index in [0.717, 1.165) is 16.7 Å². The maximum absolute atomic E-state index is 12.7. The van der Waals surface area contributed by atoms with Crippen LogP contribution in [0.4, 0.5) is 5.00 Å². The summed E-state index contributed by atoms with van der Waals surface area (Å²) >= 11 is 0.970. The Morgan fingerprint density at radius 1 is 1.17 bits per heavy atom. The highest BCUT2D eigenvalue weighted by atomic mass is 32.1. The van der Waals surface area contributed by atoms with Gasteiger partial charge in [-0.15, -0.1) is 11.3 Å². The molecule has 1 aromatic carbocycles. The fourth-order valence-corrected chi connectivity index (χ4v) is 3.85. The number of esters is 2. The highest BCUT2D eigenvalue weighted by Gasteiger charge is 2.28. The lowest BCUT2D eigenvalue weighted by atomic mass is 10.1. The third-order valence-electron chi connectivity index (χ3n) is 4.03. The molecule has 8 heteroatoms. The second kappa shape index (κ2) is 8.48. The smallest absolute Gasteiger partial charge is 0.348 e. The third-order valence-corrected chi connectivity index (χ3v) is 5.22. The fraction of sp³-hybridized carbons (Fsp3) is 0.286. The minimum absolute atomic E-state index is 0.0955. The van der Waals surface area contributed by atoms with E-state index in [-0.39, 0.29) is 33.9 Å². The number of ether oxygens (including phenoxy) is 2. The van der Waals surface area contributed by atoms with E-state index >= 15 is 0 Å². The average Bonchev–Trinajstić information content (AvgIpc) is 3.22. The van der Waals surface area contributed by atoms with Gasteiger partial charge < -0.3 is 19.2 Å². The van der Waals surface area contributed by atoms with Gasteiger partial charge in [0, 0.05) is 5.39 Å². The molecule has 1 N–H and O–H groups in total. The number of para-hydroxylation sites is 1. The first-order chi connectivity index (χ1) is 13.8. The number of fused-ring (bicyclic) bond motifs is 1. The largest absolute Gasteiger partial charge is 0.462 e. The van der Waals surface area contributed by atoms with Gasteiger partial charge in [0.05, 0.1) is 18.3 Å². The topological polar surface area (TPSA) is 94.8 Å². The van der Waals surface area contributed by atoms with Gasteiger partial charge >= 0.3 is 11.9 Å². The number of amides is 1. The molecule has 0 bridgehead atoms. The average molecular weight is 415 g/mol. The molecular formula is C21H21NO6S. The van der Waals surface area contributed by atoms with Gasteiger partial charge in [0.15, 0.2) is 5.76 Å². The number of anilines is 1. The summed E-state index contributed by atoms with van der Waals surface area (Å²) in [6.45, 7) is 6.95. The molecule has 152 valence electrons. The van der Waals surface area contributed by atoms with E-state index in [1.54, 1.807) is 39.8 Å². The van der Waals surface area contributed by atoms with Crippen LogP contribution in [0.2, 0.25) is 0 Å². The lowest BCUT2D eigenvalue weighted by molar-refractivity contribution is 0.0379. The van der Waals surface area contributed by atoms with Gasteiger partial charge in [0.25, 0.3) is 5.91 Å². The van der Waals surface area contributed by atoms with Crippen molar-refractivity contribution in [3.8, 4) is 0 Å². The monoisotopic (exact) mass is 415 g/mol. The number of furan rings is 1. The Hall–Kier alpha value is -3.13. The predicted octanol–water partition coefficient (Wildman–Crippen LogP) is 4.80. The molecule has 3 rings (SSSR count). The Kier molecular flexibility index (Phi) is 6.03. The van der Waals surface area contributed by atoms with E-state index in [1.165, 1.54) is 0 Å². The van der Waals surface area contributed by atoms with Gasteiger partial charge in [-0.2, -0.15) is 0 Å². The van der Waals surface area contributed by atoms with Gasteiger partial charge in [-0.1, -0.05) is 18.2 Å². The van der Waals surface area contributed by atoms with Crippen molar-refractivity contribution < 1.29 is 28.3 Å². The van der Waals surface area contributed by atoms with Crippen LogP contribution in [-0.4, -0.2) is 30.6 Å². The molecule has 29 heavy (non-hydrogen) atoms. The molecule has 7 nitrogen and oxygen atoms in total. The van der Waals surface area contributed by atoms with E-state index in [4.69, 9.17) is 13.9 Å². The molecule has 0 atom stereocenters. The van der Waals surface area contributed by atoms with Crippen molar-refractivity contribution in [1.82, 2.24) is 0 Å². The molecule has 0 spiro atoms. The molecule has 0 radical (unpaired) electrons. The standard InChI is InChI=1S/C21H21NO6S/c1-5-26-21(25)17-12(4)16(20(24)27-11(2)3)19(29-17)22-18(23)15-10-13-8-6-7-9-14(13)28-15/h6-11H,5H2,1-4H3,(H,22,23). The summed E-state index contributed by atoms with van der Waals surface area (Å²) in [5, 5.41) is 3.67. The zero-order valence-electron chi connectivity index (χ0n) is 16.5. The van der Waals surface area contributed by atoms with Crippen LogP contribution in [0.3, 0.4) is 0 Å². The molecule has 0 aliphatic carbocycles. The van der Waals surface area contributed by atoms with Crippen LogP contribution >= 0.6 is 11.3 Å². The van der Waals surface area contributed by atoms with Crippen LogP contribution in [-0.2, 0) is 9.47 Å². The maximum atomic E-state index is 12.7. The van der Waals surface area contributed by atoms with E-state index in [1.807, 2.05) is 18.2 Å². The predicted molar refractivity (Wildman–Crippen MR) is 110 cm³/mol. The number of hydrogen-bond acceptors (Lipinski definition) is 7. The Morgan fingerprint density at radius 2 is 1.90 bits per heavy atom. The number of nitrogens with one attached hydrogen (secondary N) is 1. The van der Waals surface area contributed by atoms with Crippen LogP contribution in [0.15, 0.2) is 34.7 Å². The summed E-state index contributed by atoms with van der Waals surface area (Å²) in [5.74, 6) is -1.61. The van der Waals surface area contributed by atoms with E-state index < -0.39 is 17.8 Å². The summed E-state index contributed by atoms with van der Waals surface area (Å²) in [5.41, 5.74) is 1.11. The summed E-state index contributed by atoms with van der Waals surface area (Å²) in [6.07, 6.45) is -0.355. The second-order valence-electron chi connectivity index (χ2n) is 6.54. The van der Waals surface area contributed by atoms with Crippen LogP contribution in [0.1, 0.15) is 56.9 Å². The molecule has 0 fully saturated rings. The van der Waals surface area contributed by atoms with Crippen LogP contribution in [0.25, 0.3) is 11.0 Å². The van der Waals surface area contributed by atoms with Crippen molar-refractivity contribution in [1.29, 1.82) is 0 Å². The fourth-order valence-electron chi connectivity index (χ4n) is 2.77. The third kappa shape index (κ3) is 4.32. The molecule has 0 saturated heterocycles. The molecule has 0 aliphatic rings. The first kappa shape index (κ1) is 20.6. The van der Waals surface area contributed by atoms with Crippen molar-refractivity contribution in [3.05, 3.63) is 52.1 Å². The highest BCUT2D eigenvalue weighted by molar-refractivity contribution is 7.18. The minimum atomic E-state index is -0.621. The van der Waals surface area contributed by atoms with Crippen molar-refractivity contribution >= 4 is 45.2 Å². The molecule has 1 amide bonds. The Bertz CT molecular complexity index is 1050. The Labute approximate surface area is 171 Å². The van der Waals surface area contributed by atoms with E-state index in [0.29, 0.717) is 11.1 Å². The zero-order valence-corrected chi connectivity index (χ0v) is 17.3. The maximum Gasteiger partial charge on any atom is 0.348 e. The second-order valence-corrected chi connectivity index (χ2v) is 7.56. The lowest BCUT2D eigenvalue weighted by Gasteiger charge is -2.10. The van der Waals surface area contributed by atoms with Gasteiger partial charge in [0.1, 0.15) is 15.5 Å². The zero-order chi connectivity index (χ0) is 21.1. The normalized spacial score (nSPS) is 10.9. The quantitative estimate of drug-likeness (QED) is 0.581. The van der Waals surface area contributed by atoms with Gasteiger partial charge in [-0.05, 0) is 45.4 Å². The van der Waals surface area contributed by atoms with Crippen LogP contribution < -0.4 is 5.32 Å². The van der Waals surface area contributed by atoms with Gasteiger partial charge in [0.2, 0.25) is 0 Å². The molecule has 0 unspecified atom stereocenters. The van der Waals surface area contributed by atoms with Gasteiger partial charge in [-0.25, -0.2) is 9.59 Å². The molecular weight excluding hydrogens is 394 g/mol. The minimum Gasteiger partial charge on any atom is -0.462 e. The van der Waals surface area contributed by atoms with Crippen molar-refractivity contribution in [3.63, 3.8) is 0 Å². The van der Waals surface area contributed by atoms with Crippen molar-refractivity contribution in [2.75, 3.05) is 11.9 Å². The Balaban J connectivity index is 1.97. The number of carbonyl (C=O) groups is 3. The first-order valence-electron chi connectivity index (χ1n) is 9.13. The van der Waals surface area contributed by atoms with E-state index in [2.05, 4.69) is 5.32 Å². The summed E-state index contributed by atoms with van der Waals surface area (Å²) in [6, 6.07) is 8.85. The molecule has 2 heterocycles. The molecule has 0 saturated carbocycles. The summed E-state index contributed by atoms with van der Waals surface area (Å²) in [4.78, 5) is 37.8. The molecule has 2 aromatic heterocycles. The number of carbonyl (C=O) groups excluding carboxylic acids is 3. The lowest BCUT2D eigenvalue weighted by Crippen LogP contribution is -2.16.